The summed E-state index contributed by atoms with van der Waals surface area (Å²) in [5.41, 5.74) is -3.15. The summed E-state index contributed by atoms with van der Waals surface area (Å²) in [5, 5.41) is 9.98. The maximum atomic E-state index is 13.9. The van der Waals surface area contributed by atoms with Crippen molar-refractivity contribution in [2.24, 2.45) is 5.92 Å². The molecule has 1 aromatic heterocycles. The lowest BCUT2D eigenvalue weighted by Crippen LogP contribution is -2.33. The molecule has 1 saturated carbocycles. The first-order chi connectivity index (χ1) is 13.8. The molecule has 30 heavy (non-hydrogen) atoms. The van der Waals surface area contributed by atoms with E-state index in [4.69, 9.17) is 0 Å². The van der Waals surface area contributed by atoms with Crippen molar-refractivity contribution in [1.29, 1.82) is 0 Å². The number of benzene rings is 1. The molecule has 3 rings (SSSR count). The number of sulfone groups is 1. The van der Waals surface area contributed by atoms with E-state index in [9.17, 15) is 35.5 Å². The quantitative estimate of drug-likeness (QED) is 0.684. The lowest BCUT2D eigenvalue weighted by atomic mass is 9.81. The first-order valence-corrected chi connectivity index (χ1v) is 10.9. The number of aromatic nitrogens is 1. The third-order valence-corrected chi connectivity index (χ3v) is 7.28. The number of aliphatic hydroxyl groups is 1. The van der Waals surface area contributed by atoms with E-state index in [-0.39, 0.29) is 11.5 Å². The Kier molecular flexibility index (Phi) is 5.94. The highest BCUT2D eigenvalue weighted by molar-refractivity contribution is 7.91. The van der Waals surface area contributed by atoms with E-state index < -0.39 is 55.2 Å². The molecule has 1 N–H and O–H groups in total. The normalized spacial score (nSPS) is 22.8. The smallest absolute Gasteiger partial charge is 0.390 e. The van der Waals surface area contributed by atoms with E-state index in [0.717, 1.165) is 12.1 Å². The molecule has 0 bridgehead atoms. The van der Waals surface area contributed by atoms with Crippen LogP contribution in [-0.2, 0) is 16.0 Å². The van der Waals surface area contributed by atoms with Crippen molar-refractivity contribution < 1.29 is 35.5 Å². The van der Waals surface area contributed by atoms with Gasteiger partial charge in [0.15, 0.2) is 15.7 Å². The molecule has 1 aromatic carbocycles. The van der Waals surface area contributed by atoms with Crippen molar-refractivity contribution in [2.75, 3.05) is 5.75 Å². The average Bonchev–Trinajstić information content (AvgIpc) is 2.62. The fraction of sp³-hybridized carbons (Fsp3) is 0.450. The highest BCUT2D eigenvalue weighted by Gasteiger charge is 2.39. The number of pyridine rings is 1. The van der Waals surface area contributed by atoms with Crippen LogP contribution in [0.4, 0.5) is 22.0 Å². The fourth-order valence-electron chi connectivity index (χ4n) is 3.66. The molecule has 0 atom stereocenters. The zero-order chi connectivity index (χ0) is 22.3. The highest BCUT2D eigenvalue weighted by atomic mass is 32.2. The summed E-state index contributed by atoms with van der Waals surface area (Å²) in [7, 11) is -4.30. The Labute approximate surface area is 170 Å². The predicted octanol–water partition coefficient (Wildman–Crippen LogP) is 4.76. The average molecular weight is 449 g/mol. The third-order valence-electron chi connectivity index (χ3n) is 5.34. The Balaban J connectivity index is 1.98. The van der Waals surface area contributed by atoms with Crippen LogP contribution in [0, 0.1) is 17.6 Å². The molecule has 1 fully saturated rings. The van der Waals surface area contributed by atoms with Gasteiger partial charge < -0.3 is 5.11 Å². The zero-order valence-electron chi connectivity index (χ0n) is 16.0. The monoisotopic (exact) mass is 449 g/mol. The predicted molar refractivity (Wildman–Crippen MR) is 99.2 cm³/mol. The van der Waals surface area contributed by atoms with Gasteiger partial charge in [-0.25, -0.2) is 17.2 Å². The minimum atomic E-state index is -5.01. The Bertz CT molecular complexity index is 1040. The second-order valence-electron chi connectivity index (χ2n) is 7.91. The lowest BCUT2D eigenvalue weighted by molar-refractivity contribution is -0.139. The van der Waals surface area contributed by atoms with Crippen LogP contribution >= 0.6 is 0 Å². The van der Waals surface area contributed by atoms with Crippen LogP contribution < -0.4 is 0 Å². The summed E-state index contributed by atoms with van der Waals surface area (Å²) in [6, 6.07) is 2.81. The van der Waals surface area contributed by atoms with Crippen molar-refractivity contribution in [3.8, 4) is 11.3 Å². The van der Waals surface area contributed by atoms with Crippen molar-refractivity contribution in [3.63, 3.8) is 0 Å². The maximum Gasteiger partial charge on any atom is 0.417 e. The van der Waals surface area contributed by atoms with Gasteiger partial charge in [0.2, 0.25) is 0 Å². The number of alkyl halides is 3. The molecule has 0 saturated heterocycles. The molecular weight excluding hydrogens is 429 g/mol. The number of rotatable bonds is 4. The SMILES string of the molecule is C[C@]1(O)CC[C@H](CS(=O)(=O)c2ccc(-c3ncc(F)cc3F)cc2C(F)(F)F)CC1. The first-order valence-electron chi connectivity index (χ1n) is 9.26. The molecule has 0 aliphatic heterocycles. The van der Waals surface area contributed by atoms with Gasteiger partial charge >= 0.3 is 6.18 Å². The molecule has 164 valence electrons. The number of hydrogen-bond acceptors (Lipinski definition) is 4. The maximum absolute atomic E-state index is 13.9. The topological polar surface area (TPSA) is 67.3 Å². The van der Waals surface area contributed by atoms with Gasteiger partial charge in [0.1, 0.15) is 11.5 Å². The molecular formula is C20H20F5NO3S. The van der Waals surface area contributed by atoms with Crippen molar-refractivity contribution >= 4 is 9.84 Å². The van der Waals surface area contributed by atoms with Crippen LogP contribution in [-0.4, -0.2) is 29.9 Å². The Morgan fingerprint density at radius 3 is 2.37 bits per heavy atom. The molecule has 0 unspecified atom stereocenters. The van der Waals surface area contributed by atoms with E-state index in [1.165, 1.54) is 0 Å². The van der Waals surface area contributed by atoms with Crippen LogP contribution in [0.25, 0.3) is 11.3 Å². The number of hydrogen-bond donors (Lipinski definition) is 1. The van der Waals surface area contributed by atoms with Crippen LogP contribution in [0.15, 0.2) is 35.4 Å². The van der Waals surface area contributed by atoms with E-state index in [1.807, 2.05) is 0 Å². The van der Waals surface area contributed by atoms with Gasteiger partial charge in [-0.05, 0) is 50.7 Å². The summed E-state index contributed by atoms with van der Waals surface area (Å²) < 4.78 is 93.5. The first kappa shape index (κ1) is 22.6. The minimum absolute atomic E-state index is 0.313. The molecule has 0 spiro atoms. The third kappa shape index (κ3) is 4.97. The van der Waals surface area contributed by atoms with Crippen LogP contribution in [0.3, 0.4) is 0 Å². The summed E-state index contributed by atoms with van der Waals surface area (Å²) in [5.74, 6) is -2.99. The molecule has 0 amide bonds. The molecule has 4 nitrogen and oxygen atoms in total. The molecule has 2 aromatic rings. The summed E-state index contributed by atoms with van der Waals surface area (Å²) >= 11 is 0. The van der Waals surface area contributed by atoms with Crippen LogP contribution in [0.2, 0.25) is 0 Å². The Hall–Kier alpha value is -2.07. The molecule has 1 heterocycles. The van der Waals surface area contributed by atoms with Crippen molar-refractivity contribution in [3.05, 3.63) is 47.7 Å². The summed E-state index contributed by atoms with van der Waals surface area (Å²) in [4.78, 5) is 2.59. The molecule has 1 aliphatic rings. The lowest BCUT2D eigenvalue weighted by Gasteiger charge is -2.33. The summed E-state index contributed by atoms with van der Waals surface area (Å²) in [6.07, 6.45) is -2.84. The standard InChI is InChI=1S/C20H20F5NO3S/c1-19(27)6-4-12(5-7-19)11-30(28,29)17-3-2-13(8-15(17)20(23,24)25)18-16(22)9-14(21)10-26-18/h2-3,8-10,12,27H,4-7,11H2,1H3/t12-,19-. The van der Waals surface area contributed by atoms with Gasteiger partial charge in [-0.1, -0.05) is 6.07 Å². The molecule has 1 aliphatic carbocycles. The number of halogens is 5. The van der Waals surface area contributed by atoms with Crippen molar-refractivity contribution in [1.82, 2.24) is 4.98 Å². The molecule has 10 heteroatoms. The van der Waals surface area contributed by atoms with E-state index in [0.29, 0.717) is 44.0 Å². The molecule has 0 radical (unpaired) electrons. The van der Waals surface area contributed by atoms with Gasteiger partial charge in [-0.3, -0.25) is 4.98 Å². The van der Waals surface area contributed by atoms with Gasteiger partial charge in [0, 0.05) is 11.6 Å². The van der Waals surface area contributed by atoms with Crippen LogP contribution in [0.5, 0.6) is 0 Å². The number of nitrogens with zero attached hydrogens (tertiary/aromatic N) is 1. The van der Waals surface area contributed by atoms with E-state index >= 15 is 0 Å². The minimum Gasteiger partial charge on any atom is -0.390 e. The van der Waals surface area contributed by atoms with E-state index in [2.05, 4.69) is 4.98 Å². The highest BCUT2D eigenvalue weighted by Crippen LogP contribution is 2.39. The summed E-state index contributed by atoms with van der Waals surface area (Å²) in [6.45, 7) is 1.64. The van der Waals surface area contributed by atoms with Gasteiger partial charge in [-0.2, -0.15) is 13.2 Å². The van der Waals surface area contributed by atoms with Crippen molar-refractivity contribution in [2.45, 2.75) is 49.3 Å². The second-order valence-corrected chi connectivity index (χ2v) is 9.92. The Morgan fingerprint density at radius 1 is 1.17 bits per heavy atom. The fourth-order valence-corrected chi connectivity index (χ4v) is 5.58. The van der Waals surface area contributed by atoms with Crippen LogP contribution in [0.1, 0.15) is 38.2 Å². The van der Waals surface area contributed by atoms with E-state index in [1.54, 1.807) is 6.92 Å². The Morgan fingerprint density at radius 2 is 1.80 bits per heavy atom. The largest absolute Gasteiger partial charge is 0.417 e. The van der Waals surface area contributed by atoms with Gasteiger partial charge in [0.05, 0.1) is 28.0 Å². The van der Waals surface area contributed by atoms with Gasteiger partial charge in [-0.15, -0.1) is 0 Å². The van der Waals surface area contributed by atoms with Gasteiger partial charge in [0.25, 0.3) is 0 Å². The zero-order valence-corrected chi connectivity index (χ0v) is 16.8. The second kappa shape index (κ2) is 7.88.